The molecule has 8 nitrogen and oxygen atoms in total. The summed E-state index contributed by atoms with van der Waals surface area (Å²) in [5.41, 5.74) is 1.41. The van der Waals surface area contributed by atoms with Gasteiger partial charge in [0.25, 0.3) is 11.8 Å². The van der Waals surface area contributed by atoms with Crippen molar-refractivity contribution in [2.45, 2.75) is 38.8 Å². The Bertz CT molecular complexity index is 1150. The van der Waals surface area contributed by atoms with Gasteiger partial charge in [0.1, 0.15) is 11.6 Å². The maximum atomic E-state index is 13.7. The van der Waals surface area contributed by atoms with Crippen molar-refractivity contribution in [3.05, 3.63) is 71.3 Å². The van der Waals surface area contributed by atoms with E-state index in [9.17, 15) is 27.2 Å². The Morgan fingerprint density at radius 1 is 0.943 bits per heavy atom. The largest absolute Gasteiger partial charge is 0.494 e. The van der Waals surface area contributed by atoms with Gasteiger partial charge in [-0.05, 0) is 55.0 Å². The van der Waals surface area contributed by atoms with Gasteiger partial charge < -0.3 is 4.74 Å². The maximum absolute atomic E-state index is 13.7. The molecule has 0 saturated carbocycles. The number of benzene rings is 2. The Morgan fingerprint density at radius 2 is 1.60 bits per heavy atom. The van der Waals surface area contributed by atoms with Crippen molar-refractivity contribution in [2.24, 2.45) is 0 Å². The topological polar surface area (TPSA) is 98.1 Å². The number of hydrogen-bond donors (Lipinski definition) is 2. The number of hydrazine groups is 1. The molecule has 0 saturated heterocycles. The number of halogens is 4. The SMILES string of the molecule is CCCCCCOc1ccc(C(=O)NNC(=O)c2nnn(-c3ccc(F)cc3)c2C(F)(F)F)cc1. The molecule has 12 heteroatoms. The van der Waals surface area contributed by atoms with Crippen LogP contribution in [0.3, 0.4) is 0 Å². The summed E-state index contributed by atoms with van der Waals surface area (Å²) in [7, 11) is 0. The Labute approximate surface area is 198 Å². The number of aromatic nitrogens is 3. The van der Waals surface area contributed by atoms with Gasteiger partial charge in [-0.2, -0.15) is 13.2 Å². The third kappa shape index (κ3) is 6.78. The lowest BCUT2D eigenvalue weighted by molar-refractivity contribution is -0.143. The van der Waals surface area contributed by atoms with Crippen LogP contribution in [0, 0.1) is 5.82 Å². The van der Waals surface area contributed by atoms with E-state index in [4.69, 9.17) is 4.74 Å². The molecule has 0 spiro atoms. The molecule has 0 radical (unpaired) electrons. The highest BCUT2D eigenvalue weighted by Crippen LogP contribution is 2.32. The van der Waals surface area contributed by atoms with Crippen molar-refractivity contribution in [3.8, 4) is 11.4 Å². The van der Waals surface area contributed by atoms with Gasteiger partial charge in [0.2, 0.25) is 0 Å². The fourth-order valence-electron chi connectivity index (χ4n) is 3.12. The Morgan fingerprint density at radius 3 is 2.23 bits per heavy atom. The van der Waals surface area contributed by atoms with Gasteiger partial charge >= 0.3 is 6.18 Å². The number of unbranched alkanes of at least 4 members (excludes halogenated alkanes) is 3. The van der Waals surface area contributed by atoms with Gasteiger partial charge in [-0.3, -0.25) is 20.4 Å². The van der Waals surface area contributed by atoms with E-state index in [-0.39, 0.29) is 11.3 Å². The third-order valence-corrected chi connectivity index (χ3v) is 4.90. The zero-order chi connectivity index (χ0) is 25.4. The van der Waals surface area contributed by atoms with E-state index in [1.54, 1.807) is 12.1 Å². The van der Waals surface area contributed by atoms with Crippen LogP contribution in [0.25, 0.3) is 5.69 Å². The molecule has 3 aromatic rings. The van der Waals surface area contributed by atoms with Gasteiger partial charge in [-0.15, -0.1) is 5.10 Å². The van der Waals surface area contributed by atoms with E-state index in [0.29, 0.717) is 17.0 Å². The highest BCUT2D eigenvalue weighted by atomic mass is 19.4. The van der Waals surface area contributed by atoms with E-state index in [1.807, 2.05) is 10.9 Å². The highest BCUT2D eigenvalue weighted by Gasteiger charge is 2.42. The van der Waals surface area contributed by atoms with Crippen molar-refractivity contribution in [2.75, 3.05) is 6.61 Å². The van der Waals surface area contributed by atoms with Crippen molar-refractivity contribution < 1.29 is 31.9 Å². The average Bonchev–Trinajstić information content (AvgIpc) is 3.29. The van der Waals surface area contributed by atoms with Gasteiger partial charge in [0.05, 0.1) is 12.3 Å². The maximum Gasteiger partial charge on any atom is 0.435 e. The molecule has 0 aliphatic carbocycles. The molecule has 2 aromatic carbocycles. The van der Waals surface area contributed by atoms with E-state index < -0.39 is 35.2 Å². The van der Waals surface area contributed by atoms with Crippen LogP contribution < -0.4 is 15.6 Å². The molecule has 0 atom stereocenters. The van der Waals surface area contributed by atoms with Gasteiger partial charge in [0, 0.05) is 5.56 Å². The number of nitrogens with one attached hydrogen (secondary N) is 2. The number of ether oxygens (including phenoxy) is 1. The molecule has 1 aromatic heterocycles. The molecule has 3 rings (SSSR count). The second kappa shape index (κ2) is 11.4. The van der Waals surface area contributed by atoms with Crippen LogP contribution in [0.15, 0.2) is 48.5 Å². The minimum absolute atomic E-state index is 0.148. The van der Waals surface area contributed by atoms with Crippen molar-refractivity contribution in [1.82, 2.24) is 25.8 Å². The van der Waals surface area contributed by atoms with Crippen molar-refractivity contribution in [3.63, 3.8) is 0 Å². The number of nitrogens with zero attached hydrogens (tertiary/aromatic N) is 3. The van der Waals surface area contributed by atoms with E-state index in [0.717, 1.165) is 49.9 Å². The molecular weight excluding hydrogens is 470 g/mol. The minimum Gasteiger partial charge on any atom is -0.494 e. The summed E-state index contributed by atoms with van der Waals surface area (Å²) < 4.78 is 60.1. The second-order valence-corrected chi connectivity index (χ2v) is 7.51. The zero-order valence-electron chi connectivity index (χ0n) is 18.7. The van der Waals surface area contributed by atoms with Crippen LogP contribution in [0.1, 0.15) is 59.1 Å². The summed E-state index contributed by atoms with van der Waals surface area (Å²) in [5.74, 6) is -2.18. The summed E-state index contributed by atoms with van der Waals surface area (Å²) in [6.07, 6.45) is -0.801. The first kappa shape index (κ1) is 25.7. The van der Waals surface area contributed by atoms with Crippen LogP contribution in [-0.4, -0.2) is 33.4 Å². The van der Waals surface area contributed by atoms with Crippen LogP contribution in [0.4, 0.5) is 17.6 Å². The summed E-state index contributed by atoms with van der Waals surface area (Å²) >= 11 is 0. The van der Waals surface area contributed by atoms with E-state index in [2.05, 4.69) is 17.2 Å². The van der Waals surface area contributed by atoms with Gasteiger partial charge in [-0.25, -0.2) is 9.07 Å². The highest BCUT2D eigenvalue weighted by molar-refractivity contribution is 5.98. The molecule has 0 bridgehead atoms. The Kier molecular flexibility index (Phi) is 8.39. The normalized spacial score (nSPS) is 11.2. The number of alkyl halides is 3. The molecular formula is C23H23F4N5O3. The Hall–Kier alpha value is -3.96. The fourth-order valence-corrected chi connectivity index (χ4v) is 3.12. The van der Waals surface area contributed by atoms with Crippen molar-refractivity contribution in [1.29, 1.82) is 0 Å². The average molecular weight is 493 g/mol. The molecule has 0 aliphatic heterocycles. The molecule has 0 unspecified atom stereocenters. The molecule has 0 fully saturated rings. The standard InChI is InChI=1S/C23H23F4N5O3/c1-2-3-4-5-14-35-18-12-6-15(7-13-18)21(33)29-30-22(34)19-20(23(25,26)27)32(31-28-19)17-10-8-16(24)9-11-17/h6-13H,2-5,14H2,1H3,(H,29,33)(H,30,34). The fraction of sp³-hybridized carbons (Fsp3) is 0.304. The third-order valence-electron chi connectivity index (χ3n) is 4.90. The number of rotatable bonds is 9. The lowest BCUT2D eigenvalue weighted by Crippen LogP contribution is -2.42. The predicted molar refractivity (Wildman–Crippen MR) is 117 cm³/mol. The zero-order valence-corrected chi connectivity index (χ0v) is 18.7. The summed E-state index contributed by atoms with van der Waals surface area (Å²) in [6, 6.07) is 10.1. The first-order valence-electron chi connectivity index (χ1n) is 10.8. The molecule has 0 aliphatic rings. The summed E-state index contributed by atoms with van der Waals surface area (Å²) in [6.45, 7) is 2.65. The molecule has 186 valence electrons. The van der Waals surface area contributed by atoms with Crippen molar-refractivity contribution >= 4 is 11.8 Å². The number of hydrogen-bond acceptors (Lipinski definition) is 5. The Balaban J connectivity index is 1.64. The van der Waals surface area contributed by atoms with E-state index >= 15 is 0 Å². The molecule has 2 N–H and O–H groups in total. The van der Waals surface area contributed by atoms with E-state index in [1.165, 1.54) is 12.1 Å². The predicted octanol–water partition coefficient (Wildman–Crippen LogP) is 4.46. The number of carbonyl (C=O) groups excluding carboxylic acids is 2. The first-order valence-corrected chi connectivity index (χ1v) is 10.8. The first-order chi connectivity index (χ1) is 16.7. The van der Waals surface area contributed by atoms with Crippen LogP contribution in [0.5, 0.6) is 5.75 Å². The smallest absolute Gasteiger partial charge is 0.435 e. The molecule has 1 heterocycles. The number of carbonyl (C=O) groups is 2. The molecule has 35 heavy (non-hydrogen) atoms. The lowest BCUT2D eigenvalue weighted by atomic mass is 10.2. The summed E-state index contributed by atoms with van der Waals surface area (Å²) in [4.78, 5) is 24.7. The monoisotopic (exact) mass is 493 g/mol. The summed E-state index contributed by atoms with van der Waals surface area (Å²) in [5, 5.41) is 6.69. The van der Waals surface area contributed by atoms with Gasteiger partial charge in [-0.1, -0.05) is 31.4 Å². The second-order valence-electron chi connectivity index (χ2n) is 7.51. The van der Waals surface area contributed by atoms with Crippen LogP contribution >= 0.6 is 0 Å². The quantitative estimate of drug-likeness (QED) is 0.261. The van der Waals surface area contributed by atoms with Gasteiger partial charge in [0.15, 0.2) is 11.4 Å². The molecule has 2 amide bonds. The van der Waals surface area contributed by atoms with Crippen LogP contribution in [-0.2, 0) is 6.18 Å². The van der Waals surface area contributed by atoms with Crippen LogP contribution in [0.2, 0.25) is 0 Å². The lowest BCUT2D eigenvalue weighted by Gasteiger charge is -2.12. The minimum atomic E-state index is -5.01. The number of amides is 2.